The number of piperidine rings is 1. The molecule has 23 heavy (non-hydrogen) atoms. The molecule has 0 unspecified atom stereocenters. The summed E-state index contributed by atoms with van der Waals surface area (Å²) in [6.07, 6.45) is 4.78. The second-order valence-electron chi connectivity index (χ2n) is 6.24. The molecule has 2 aliphatic rings. The maximum absolute atomic E-state index is 11.1. The first-order valence-corrected chi connectivity index (χ1v) is 8.39. The molecule has 0 aromatic carbocycles. The van der Waals surface area contributed by atoms with Gasteiger partial charge in [-0.2, -0.15) is 4.98 Å². The molecule has 1 amide bonds. The summed E-state index contributed by atoms with van der Waals surface area (Å²) in [5.41, 5.74) is 5.16. The first kappa shape index (κ1) is 16.4. The highest BCUT2D eigenvalue weighted by atomic mass is 16.5. The lowest BCUT2D eigenvalue weighted by molar-refractivity contribution is 0.0294. The van der Waals surface area contributed by atoms with Crippen LogP contribution in [0.25, 0.3) is 0 Å². The molecule has 2 aliphatic heterocycles. The fraction of sp³-hybridized carbons (Fsp3) is 0.800. The number of amides is 1. The van der Waals surface area contributed by atoms with E-state index in [1.807, 2.05) is 0 Å². The average Bonchev–Trinajstić information content (AvgIpc) is 3.04. The summed E-state index contributed by atoms with van der Waals surface area (Å²) in [7, 11) is 0. The predicted molar refractivity (Wildman–Crippen MR) is 82.7 cm³/mol. The van der Waals surface area contributed by atoms with Crippen molar-refractivity contribution < 1.29 is 14.1 Å². The summed E-state index contributed by atoms with van der Waals surface area (Å²) in [5, 5.41) is 3.62. The van der Waals surface area contributed by atoms with Gasteiger partial charge < -0.3 is 15.0 Å². The van der Waals surface area contributed by atoms with E-state index in [2.05, 4.69) is 19.9 Å². The van der Waals surface area contributed by atoms with Gasteiger partial charge in [0.05, 0.1) is 19.8 Å². The van der Waals surface area contributed by atoms with E-state index >= 15 is 0 Å². The number of ether oxygens (including phenoxy) is 1. The quantitative estimate of drug-likeness (QED) is 0.801. The minimum atomic E-state index is -0.650. The predicted octanol–water partition coefficient (Wildman–Crippen LogP) is 0.245. The Hall–Kier alpha value is -1.51. The lowest BCUT2D eigenvalue weighted by Gasteiger charge is -2.36. The molecule has 1 atom stereocenters. The van der Waals surface area contributed by atoms with Crippen LogP contribution in [0.1, 0.15) is 42.2 Å². The van der Waals surface area contributed by atoms with Crippen LogP contribution >= 0.6 is 0 Å². The van der Waals surface area contributed by atoms with E-state index in [0.717, 1.165) is 45.8 Å². The Morgan fingerprint density at radius 2 is 2.09 bits per heavy atom. The highest BCUT2D eigenvalue weighted by molar-refractivity contribution is 5.88. The lowest BCUT2D eigenvalue weighted by atomic mass is 9.99. The number of primary amides is 1. The van der Waals surface area contributed by atoms with Crippen molar-refractivity contribution >= 4 is 5.91 Å². The maximum atomic E-state index is 11.1. The molecule has 0 radical (unpaired) electrons. The van der Waals surface area contributed by atoms with Crippen molar-refractivity contribution in [1.82, 2.24) is 19.9 Å². The first-order valence-electron chi connectivity index (χ1n) is 8.39. The van der Waals surface area contributed by atoms with E-state index in [9.17, 15) is 4.79 Å². The smallest absolute Gasteiger partial charge is 0.290 e. The standard InChI is InChI=1S/C15H25N5O3/c16-14(21)15-17-13(23-18-15)11-20-5-2-1-3-12(20)4-6-19-7-9-22-10-8-19/h12H,1-11H2,(H2,16,21)/t12-/m1/s1. The summed E-state index contributed by atoms with van der Waals surface area (Å²) in [6.45, 7) is 6.45. The van der Waals surface area contributed by atoms with E-state index in [4.69, 9.17) is 15.0 Å². The lowest BCUT2D eigenvalue weighted by Crippen LogP contribution is -2.43. The molecule has 2 N–H and O–H groups in total. The van der Waals surface area contributed by atoms with Crippen LogP contribution in [-0.4, -0.2) is 71.3 Å². The van der Waals surface area contributed by atoms with Gasteiger partial charge in [0.1, 0.15) is 0 Å². The van der Waals surface area contributed by atoms with Gasteiger partial charge in [-0.25, -0.2) is 0 Å². The van der Waals surface area contributed by atoms with Gasteiger partial charge in [-0.15, -0.1) is 0 Å². The molecule has 1 aromatic heterocycles. The van der Waals surface area contributed by atoms with Crippen LogP contribution in [0.15, 0.2) is 4.52 Å². The fourth-order valence-electron chi connectivity index (χ4n) is 3.34. The van der Waals surface area contributed by atoms with Crippen molar-refractivity contribution in [2.24, 2.45) is 5.73 Å². The summed E-state index contributed by atoms with van der Waals surface area (Å²) < 4.78 is 10.5. The Kier molecular flexibility index (Phi) is 5.58. The molecule has 0 aliphatic carbocycles. The van der Waals surface area contributed by atoms with Crippen molar-refractivity contribution in [3.8, 4) is 0 Å². The monoisotopic (exact) mass is 323 g/mol. The van der Waals surface area contributed by atoms with Crippen LogP contribution < -0.4 is 5.73 Å². The Morgan fingerprint density at radius 1 is 1.26 bits per heavy atom. The maximum Gasteiger partial charge on any atom is 0.290 e. The van der Waals surface area contributed by atoms with Crippen molar-refractivity contribution in [2.45, 2.75) is 38.3 Å². The molecule has 3 rings (SSSR count). The van der Waals surface area contributed by atoms with E-state index in [0.29, 0.717) is 18.5 Å². The zero-order chi connectivity index (χ0) is 16.1. The van der Waals surface area contributed by atoms with Crippen molar-refractivity contribution in [3.63, 3.8) is 0 Å². The molecule has 0 spiro atoms. The van der Waals surface area contributed by atoms with Gasteiger partial charge in [0, 0.05) is 19.1 Å². The third-order valence-electron chi connectivity index (χ3n) is 4.66. The summed E-state index contributed by atoms with van der Waals surface area (Å²) in [5.74, 6) is -0.221. The number of nitrogens with two attached hydrogens (primary N) is 1. The highest BCUT2D eigenvalue weighted by Crippen LogP contribution is 2.22. The molecule has 0 saturated carbocycles. The second-order valence-corrected chi connectivity index (χ2v) is 6.24. The number of likely N-dealkylation sites (tertiary alicyclic amines) is 1. The first-order chi connectivity index (χ1) is 11.2. The van der Waals surface area contributed by atoms with Gasteiger partial charge in [-0.05, 0) is 32.4 Å². The second kappa shape index (κ2) is 7.85. The Morgan fingerprint density at radius 3 is 2.83 bits per heavy atom. The van der Waals surface area contributed by atoms with Gasteiger partial charge in [0.15, 0.2) is 0 Å². The van der Waals surface area contributed by atoms with Gasteiger partial charge >= 0.3 is 0 Å². The Labute approximate surface area is 135 Å². The molecule has 2 fully saturated rings. The number of rotatable bonds is 6. The van der Waals surface area contributed by atoms with E-state index in [-0.39, 0.29) is 5.82 Å². The number of aromatic nitrogens is 2. The van der Waals surface area contributed by atoms with Gasteiger partial charge in [0.2, 0.25) is 5.89 Å². The molecule has 8 heteroatoms. The van der Waals surface area contributed by atoms with Gasteiger partial charge in [0.25, 0.3) is 11.7 Å². The average molecular weight is 323 g/mol. The van der Waals surface area contributed by atoms with E-state index in [1.54, 1.807) is 0 Å². The molecule has 2 saturated heterocycles. The minimum Gasteiger partial charge on any atom is -0.379 e. The van der Waals surface area contributed by atoms with Crippen LogP contribution in [0, 0.1) is 0 Å². The van der Waals surface area contributed by atoms with Crippen LogP contribution in [0.4, 0.5) is 0 Å². The highest BCUT2D eigenvalue weighted by Gasteiger charge is 2.25. The van der Waals surface area contributed by atoms with Crippen molar-refractivity contribution in [2.75, 3.05) is 39.4 Å². The number of hydrogen-bond acceptors (Lipinski definition) is 7. The van der Waals surface area contributed by atoms with E-state index in [1.165, 1.54) is 19.3 Å². The SMILES string of the molecule is NC(=O)c1noc(CN2CCCC[C@@H]2CCN2CCOCC2)n1. The number of hydrogen-bond donors (Lipinski definition) is 1. The molecule has 0 bridgehead atoms. The summed E-state index contributed by atoms with van der Waals surface area (Å²) in [6, 6.07) is 0.524. The molecule has 8 nitrogen and oxygen atoms in total. The fourth-order valence-corrected chi connectivity index (χ4v) is 3.34. The third kappa shape index (κ3) is 4.49. The van der Waals surface area contributed by atoms with Crippen LogP contribution in [0.2, 0.25) is 0 Å². The zero-order valence-electron chi connectivity index (χ0n) is 13.4. The van der Waals surface area contributed by atoms with Gasteiger partial charge in [-0.3, -0.25) is 14.6 Å². The molecular weight excluding hydrogens is 298 g/mol. The molecular formula is C15H25N5O3. The van der Waals surface area contributed by atoms with Crippen molar-refractivity contribution in [1.29, 1.82) is 0 Å². The van der Waals surface area contributed by atoms with Crippen LogP contribution in [-0.2, 0) is 11.3 Å². The molecule has 1 aromatic rings. The van der Waals surface area contributed by atoms with Gasteiger partial charge in [-0.1, -0.05) is 11.6 Å². The number of carbonyl (C=O) groups is 1. The number of nitrogens with zero attached hydrogens (tertiary/aromatic N) is 4. The number of carbonyl (C=O) groups excluding carboxylic acids is 1. The summed E-state index contributed by atoms with van der Waals surface area (Å²) >= 11 is 0. The number of morpholine rings is 1. The third-order valence-corrected chi connectivity index (χ3v) is 4.66. The Balaban J connectivity index is 1.53. The van der Waals surface area contributed by atoms with Crippen LogP contribution in [0.3, 0.4) is 0 Å². The normalized spacial score (nSPS) is 23.9. The molecule has 3 heterocycles. The zero-order valence-corrected chi connectivity index (χ0v) is 13.4. The molecule has 128 valence electrons. The minimum absolute atomic E-state index is 0.0399. The van der Waals surface area contributed by atoms with E-state index < -0.39 is 5.91 Å². The largest absolute Gasteiger partial charge is 0.379 e. The van der Waals surface area contributed by atoms with Crippen LogP contribution in [0.5, 0.6) is 0 Å². The topological polar surface area (TPSA) is 97.7 Å². The Bertz CT molecular complexity index is 515. The summed E-state index contributed by atoms with van der Waals surface area (Å²) in [4.78, 5) is 20.0. The van der Waals surface area contributed by atoms with Crippen molar-refractivity contribution in [3.05, 3.63) is 11.7 Å².